The summed E-state index contributed by atoms with van der Waals surface area (Å²) in [5.74, 6) is 0.335. The molecule has 6 nitrogen and oxygen atoms in total. The number of amides is 1. The van der Waals surface area contributed by atoms with Crippen LogP contribution in [0, 0.1) is 0 Å². The van der Waals surface area contributed by atoms with Crippen LogP contribution in [0.5, 0.6) is 0 Å². The molecule has 0 spiro atoms. The summed E-state index contributed by atoms with van der Waals surface area (Å²) in [7, 11) is -1.72. The Morgan fingerprint density at radius 2 is 2.04 bits per heavy atom. The van der Waals surface area contributed by atoms with E-state index in [0.717, 1.165) is 12.8 Å². The van der Waals surface area contributed by atoms with Gasteiger partial charge in [-0.25, -0.2) is 8.42 Å². The number of hydrogen-bond acceptors (Lipinski definition) is 4. The van der Waals surface area contributed by atoms with Crippen LogP contribution < -0.4 is 4.72 Å². The molecule has 0 unspecified atom stereocenters. The maximum atomic E-state index is 12.1. The number of rotatable bonds is 6. The Morgan fingerprint density at radius 1 is 1.35 bits per heavy atom. The van der Waals surface area contributed by atoms with Gasteiger partial charge in [0.2, 0.25) is 5.91 Å². The molecule has 2 rings (SSSR count). The SMILES string of the molecule is CCC[C@@H](C)N(C)C(=O)CCN=C1NS(=O)(=O)c2ccccc21. The number of fused-ring (bicyclic) bond motifs is 1. The van der Waals surface area contributed by atoms with Crippen LogP contribution in [0.2, 0.25) is 0 Å². The Labute approximate surface area is 137 Å². The fourth-order valence-electron chi connectivity index (χ4n) is 2.55. The van der Waals surface area contributed by atoms with Crippen LogP contribution in [0.15, 0.2) is 34.2 Å². The van der Waals surface area contributed by atoms with Crippen LogP contribution in [0.1, 0.15) is 38.7 Å². The molecule has 0 aromatic heterocycles. The molecular weight excluding hydrogens is 314 g/mol. The van der Waals surface area contributed by atoms with Gasteiger partial charge < -0.3 is 4.90 Å². The van der Waals surface area contributed by atoms with Crippen molar-refractivity contribution in [1.29, 1.82) is 0 Å². The summed E-state index contributed by atoms with van der Waals surface area (Å²) in [5.41, 5.74) is 0.563. The van der Waals surface area contributed by atoms with Crippen molar-refractivity contribution in [2.45, 2.75) is 44.0 Å². The molecule has 0 fully saturated rings. The van der Waals surface area contributed by atoms with Gasteiger partial charge in [-0.05, 0) is 25.5 Å². The summed E-state index contributed by atoms with van der Waals surface area (Å²) in [5, 5.41) is 0. The lowest BCUT2D eigenvalue weighted by atomic mass is 10.1. The average molecular weight is 337 g/mol. The average Bonchev–Trinajstić information content (AvgIpc) is 2.78. The summed E-state index contributed by atoms with van der Waals surface area (Å²) in [6.45, 7) is 4.37. The first kappa shape index (κ1) is 17.5. The molecule has 1 atom stereocenters. The largest absolute Gasteiger partial charge is 0.343 e. The van der Waals surface area contributed by atoms with Gasteiger partial charge in [0.15, 0.2) is 0 Å². The summed E-state index contributed by atoms with van der Waals surface area (Å²) in [4.78, 5) is 18.4. The molecule has 1 heterocycles. The van der Waals surface area contributed by atoms with Gasteiger partial charge >= 0.3 is 0 Å². The van der Waals surface area contributed by atoms with Gasteiger partial charge in [0.25, 0.3) is 10.0 Å². The number of nitrogens with zero attached hydrogens (tertiary/aromatic N) is 2. The summed E-state index contributed by atoms with van der Waals surface area (Å²) < 4.78 is 26.4. The van der Waals surface area contributed by atoms with Gasteiger partial charge in [-0.3, -0.25) is 14.5 Å². The predicted molar refractivity (Wildman–Crippen MR) is 89.9 cm³/mol. The Kier molecular flexibility index (Phi) is 5.41. The third kappa shape index (κ3) is 3.90. The quantitative estimate of drug-likeness (QED) is 0.859. The minimum atomic E-state index is -3.52. The van der Waals surface area contributed by atoms with E-state index in [2.05, 4.69) is 16.6 Å². The molecule has 1 aliphatic rings. The number of amidine groups is 1. The Morgan fingerprint density at radius 3 is 2.74 bits per heavy atom. The van der Waals surface area contributed by atoms with Crippen LogP contribution in [-0.4, -0.2) is 44.7 Å². The second-order valence-corrected chi connectivity index (χ2v) is 7.38. The lowest BCUT2D eigenvalue weighted by Gasteiger charge is -2.24. The molecule has 0 saturated carbocycles. The van der Waals surface area contributed by atoms with E-state index in [4.69, 9.17) is 0 Å². The zero-order valence-corrected chi connectivity index (χ0v) is 14.6. The zero-order valence-electron chi connectivity index (χ0n) is 13.7. The Hall–Kier alpha value is -1.89. The van der Waals surface area contributed by atoms with E-state index in [-0.39, 0.29) is 29.8 Å². The highest BCUT2D eigenvalue weighted by atomic mass is 32.2. The number of nitrogens with one attached hydrogen (secondary N) is 1. The molecule has 23 heavy (non-hydrogen) atoms. The van der Waals surface area contributed by atoms with Crippen molar-refractivity contribution in [2.24, 2.45) is 4.99 Å². The van der Waals surface area contributed by atoms with Gasteiger partial charge in [-0.1, -0.05) is 25.5 Å². The zero-order chi connectivity index (χ0) is 17.0. The smallest absolute Gasteiger partial charge is 0.263 e. The molecule has 1 aromatic carbocycles. The first-order chi connectivity index (χ1) is 10.9. The van der Waals surface area contributed by atoms with E-state index in [1.807, 2.05) is 6.92 Å². The van der Waals surface area contributed by atoms with Crippen LogP contribution in [0.3, 0.4) is 0 Å². The number of aliphatic imine (C=N–C) groups is 1. The van der Waals surface area contributed by atoms with Crippen LogP contribution in [-0.2, 0) is 14.8 Å². The predicted octanol–water partition coefficient (Wildman–Crippen LogP) is 1.76. The van der Waals surface area contributed by atoms with Gasteiger partial charge in [0, 0.05) is 25.1 Å². The number of hydrogen-bond donors (Lipinski definition) is 1. The van der Waals surface area contributed by atoms with Gasteiger partial charge in [-0.2, -0.15) is 0 Å². The first-order valence-electron chi connectivity index (χ1n) is 7.79. The molecule has 7 heteroatoms. The summed E-state index contributed by atoms with van der Waals surface area (Å²) >= 11 is 0. The van der Waals surface area contributed by atoms with Crippen molar-refractivity contribution in [3.63, 3.8) is 0 Å². The van der Waals surface area contributed by atoms with E-state index >= 15 is 0 Å². The maximum Gasteiger partial charge on any atom is 0.263 e. The fourth-order valence-corrected chi connectivity index (χ4v) is 3.80. The number of carbonyl (C=O) groups excluding carboxylic acids is 1. The molecule has 0 radical (unpaired) electrons. The van der Waals surface area contributed by atoms with Crippen molar-refractivity contribution >= 4 is 21.8 Å². The van der Waals surface area contributed by atoms with Crippen LogP contribution in [0.4, 0.5) is 0 Å². The van der Waals surface area contributed by atoms with E-state index in [9.17, 15) is 13.2 Å². The summed E-state index contributed by atoms with van der Waals surface area (Å²) in [6.07, 6.45) is 2.25. The lowest BCUT2D eigenvalue weighted by molar-refractivity contribution is -0.131. The number of carbonyl (C=O) groups is 1. The lowest BCUT2D eigenvalue weighted by Crippen LogP contribution is -2.35. The van der Waals surface area contributed by atoms with Crippen molar-refractivity contribution < 1.29 is 13.2 Å². The van der Waals surface area contributed by atoms with E-state index in [1.165, 1.54) is 0 Å². The fraction of sp³-hybridized carbons (Fsp3) is 0.500. The molecule has 0 saturated heterocycles. The van der Waals surface area contributed by atoms with Gasteiger partial charge in [-0.15, -0.1) is 0 Å². The standard InChI is InChI=1S/C16H23N3O3S/c1-4-7-12(2)19(3)15(20)10-11-17-16-13-8-5-6-9-14(13)23(21,22)18-16/h5-6,8-9,12H,4,7,10-11H2,1-3H3,(H,17,18)/t12-/m1/s1. The second kappa shape index (κ2) is 7.12. The van der Waals surface area contributed by atoms with Crippen molar-refractivity contribution in [3.05, 3.63) is 29.8 Å². The molecular formula is C16H23N3O3S. The normalized spacial score (nSPS) is 18.3. The van der Waals surface area contributed by atoms with Crippen molar-refractivity contribution in [3.8, 4) is 0 Å². The van der Waals surface area contributed by atoms with Crippen LogP contribution >= 0.6 is 0 Å². The first-order valence-corrected chi connectivity index (χ1v) is 9.27. The molecule has 1 amide bonds. The van der Waals surface area contributed by atoms with Gasteiger partial charge in [0.1, 0.15) is 5.84 Å². The van der Waals surface area contributed by atoms with E-state index in [1.54, 1.807) is 36.2 Å². The molecule has 0 bridgehead atoms. The molecule has 126 valence electrons. The highest BCUT2D eigenvalue weighted by Gasteiger charge is 2.30. The minimum absolute atomic E-state index is 0.0180. The molecule has 1 aromatic rings. The number of sulfonamides is 1. The van der Waals surface area contributed by atoms with E-state index in [0.29, 0.717) is 11.4 Å². The molecule has 0 aliphatic carbocycles. The second-order valence-electron chi connectivity index (χ2n) is 5.72. The highest BCUT2D eigenvalue weighted by molar-refractivity contribution is 7.90. The Bertz CT molecular complexity index is 713. The third-order valence-corrected chi connectivity index (χ3v) is 5.42. The van der Waals surface area contributed by atoms with Crippen LogP contribution in [0.25, 0.3) is 0 Å². The molecule has 1 N–H and O–H groups in total. The third-order valence-electron chi connectivity index (χ3n) is 4.02. The number of benzene rings is 1. The minimum Gasteiger partial charge on any atom is -0.343 e. The van der Waals surface area contributed by atoms with Crippen molar-refractivity contribution in [1.82, 2.24) is 9.62 Å². The highest BCUT2D eigenvalue weighted by Crippen LogP contribution is 2.22. The maximum absolute atomic E-state index is 12.1. The Balaban J connectivity index is 2.01. The van der Waals surface area contributed by atoms with E-state index < -0.39 is 10.0 Å². The molecule has 1 aliphatic heterocycles. The van der Waals surface area contributed by atoms with Gasteiger partial charge in [0.05, 0.1) is 11.4 Å². The topological polar surface area (TPSA) is 78.8 Å². The summed E-state index contributed by atoms with van der Waals surface area (Å²) in [6, 6.07) is 6.90. The monoisotopic (exact) mass is 337 g/mol. The van der Waals surface area contributed by atoms with Crippen molar-refractivity contribution in [2.75, 3.05) is 13.6 Å².